The van der Waals surface area contributed by atoms with Gasteiger partial charge in [-0.15, -0.1) is 0 Å². The summed E-state index contributed by atoms with van der Waals surface area (Å²) < 4.78 is 2.00. The molecule has 0 atom stereocenters. The van der Waals surface area contributed by atoms with Gasteiger partial charge in [-0.25, -0.2) is 9.97 Å². The molecule has 2 rings (SSSR count). The highest BCUT2D eigenvalue weighted by molar-refractivity contribution is 5.52. The molecule has 0 spiro atoms. The number of hydrogen-bond acceptors (Lipinski definition) is 2. The monoisotopic (exact) mass is 161 g/mol. The maximum Gasteiger partial charge on any atom is 0.111 e. The first-order valence-corrected chi connectivity index (χ1v) is 3.96. The molecule has 62 valence electrons. The first kappa shape index (κ1) is 7.28. The van der Waals surface area contributed by atoms with Crippen LogP contribution < -0.4 is 0 Å². The lowest BCUT2D eigenvalue weighted by Gasteiger charge is -2.00. The van der Waals surface area contributed by atoms with Crippen molar-refractivity contribution in [1.82, 2.24) is 14.4 Å². The van der Waals surface area contributed by atoms with Crippen LogP contribution in [0.25, 0.3) is 5.52 Å². The van der Waals surface area contributed by atoms with Crippen molar-refractivity contribution in [2.24, 2.45) is 0 Å². The Bertz CT molecular complexity index is 429. The van der Waals surface area contributed by atoms with Gasteiger partial charge >= 0.3 is 0 Å². The van der Waals surface area contributed by atoms with Gasteiger partial charge in [-0.1, -0.05) is 0 Å². The first-order chi connectivity index (χ1) is 5.68. The second-order valence-corrected chi connectivity index (χ2v) is 3.03. The fourth-order valence-electron chi connectivity index (χ4n) is 1.42. The predicted octanol–water partition coefficient (Wildman–Crippen LogP) is 1.65. The van der Waals surface area contributed by atoms with Crippen LogP contribution in [0, 0.1) is 20.8 Å². The molecule has 12 heavy (non-hydrogen) atoms. The van der Waals surface area contributed by atoms with E-state index in [-0.39, 0.29) is 0 Å². The van der Waals surface area contributed by atoms with E-state index in [0.717, 1.165) is 22.7 Å². The molecule has 0 N–H and O–H groups in total. The van der Waals surface area contributed by atoms with Crippen LogP contribution in [0.15, 0.2) is 12.4 Å². The lowest BCUT2D eigenvalue weighted by molar-refractivity contribution is 0.956. The molecular formula is C9H11N3. The topological polar surface area (TPSA) is 30.2 Å². The van der Waals surface area contributed by atoms with Crippen molar-refractivity contribution < 1.29 is 0 Å². The van der Waals surface area contributed by atoms with Gasteiger partial charge in [0.15, 0.2) is 0 Å². The summed E-state index contributed by atoms with van der Waals surface area (Å²) in [6, 6.07) is 2.05. The Morgan fingerprint density at radius 3 is 2.75 bits per heavy atom. The molecule has 0 aliphatic heterocycles. The Balaban J connectivity index is 2.92. The summed E-state index contributed by atoms with van der Waals surface area (Å²) in [4.78, 5) is 8.56. The van der Waals surface area contributed by atoms with Crippen molar-refractivity contribution in [1.29, 1.82) is 0 Å². The minimum absolute atomic E-state index is 0.991. The quantitative estimate of drug-likeness (QED) is 0.588. The van der Waals surface area contributed by atoms with E-state index in [2.05, 4.69) is 16.0 Å². The fourth-order valence-corrected chi connectivity index (χ4v) is 1.42. The standard InChI is InChI=1S/C9H11N3/c1-6-4-9-7(2)10-5-12(9)8(3)11-6/h4-5H,1-3H3. The molecule has 0 aliphatic carbocycles. The Morgan fingerprint density at radius 1 is 1.25 bits per heavy atom. The Kier molecular flexibility index (Phi) is 1.40. The maximum atomic E-state index is 4.34. The highest BCUT2D eigenvalue weighted by Gasteiger charge is 2.02. The average Bonchev–Trinajstić information content (AvgIpc) is 2.33. The number of nitrogens with zero attached hydrogens (tertiary/aromatic N) is 3. The Labute approximate surface area is 71.1 Å². The summed E-state index contributed by atoms with van der Waals surface area (Å²) in [5.41, 5.74) is 3.26. The zero-order chi connectivity index (χ0) is 8.72. The lowest BCUT2D eigenvalue weighted by Crippen LogP contribution is -1.95. The molecule has 0 unspecified atom stereocenters. The molecular weight excluding hydrogens is 150 g/mol. The van der Waals surface area contributed by atoms with Crippen molar-refractivity contribution in [3.8, 4) is 0 Å². The summed E-state index contributed by atoms with van der Waals surface area (Å²) in [6.45, 7) is 5.99. The van der Waals surface area contributed by atoms with Gasteiger partial charge in [-0.05, 0) is 26.8 Å². The van der Waals surface area contributed by atoms with Crippen molar-refractivity contribution in [3.63, 3.8) is 0 Å². The van der Waals surface area contributed by atoms with Crippen LogP contribution in [0.4, 0.5) is 0 Å². The van der Waals surface area contributed by atoms with E-state index >= 15 is 0 Å². The number of rotatable bonds is 0. The van der Waals surface area contributed by atoms with Crippen molar-refractivity contribution in [2.75, 3.05) is 0 Å². The van der Waals surface area contributed by atoms with E-state index in [1.54, 1.807) is 0 Å². The van der Waals surface area contributed by atoms with Crippen LogP contribution >= 0.6 is 0 Å². The van der Waals surface area contributed by atoms with Gasteiger partial charge in [0.25, 0.3) is 0 Å². The Hall–Kier alpha value is -1.38. The molecule has 0 fully saturated rings. The van der Waals surface area contributed by atoms with Crippen LogP contribution in [-0.4, -0.2) is 14.4 Å². The molecule has 2 aromatic heterocycles. The summed E-state index contributed by atoms with van der Waals surface area (Å²) >= 11 is 0. The largest absolute Gasteiger partial charge is 0.287 e. The zero-order valence-corrected chi connectivity index (χ0v) is 7.50. The number of hydrogen-bond donors (Lipinski definition) is 0. The third-order valence-corrected chi connectivity index (χ3v) is 2.03. The summed E-state index contributed by atoms with van der Waals surface area (Å²) in [5, 5.41) is 0. The van der Waals surface area contributed by atoms with E-state index in [9.17, 15) is 0 Å². The molecule has 0 aromatic carbocycles. The number of aromatic nitrogens is 3. The second-order valence-electron chi connectivity index (χ2n) is 3.03. The SMILES string of the molecule is Cc1cc2c(C)ncn2c(C)n1. The van der Waals surface area contributed by atoms with Crippen LogP contribution in [0.2, 0.25) is 0 Å². The van der Waals surface area contributed by atoms with Crippen molar-refractivity contribution in [3.05, 3.63) is 29.6 Å². The second kappa shape index (κ2) is 2.30. The zero-order valence-electron chi connectivity index (χ0n) is 7.50. The normalized spacial score (nSPS) is 10.9. The molecule has 3 nitrogen and oxygen atoms in total. The minimum atomic E-state index is 0.991. The molecule has 0 aliphatic rings. The van der Waals surface area contributed by atoms with Crippen LogP contribution in [0.5, 0.6) is 0 Å². The molecule has 0 amide bonds. The van der Waals surface area contributed by atoms with Gasteiger partial charge in [0, 0.05) is 5.69 Å². The highest BCUT2D eigenvalue weighted by Crippen LogP contribution is 2.10. The highest BCUT2D eigenvalue weighted by atomic mass is 15.0. The fraction of sp³-hybridized carbons (Fsp3) is 0.333. The maximum absolute atomic E-state index is 4.34. The van der Waals surface area contributed by atoms with Gasteiger partial charge in [0.05, 0.1) is 11.2 Å². The Morgan fingerprint density at radius 2 is 2.00 bits per heavy atom. The van der Waals surface area contributed by atoms with Crippen LogP contribution in [0.1, 0.15) is 17.2 Å². The average molecular weight is 161 g/mol. The molecule has 2 heterocycles. The molecule has 0 bridgehead atoms. The van der Waals surface area contributed by atoms with Gasteiger partial charge in [0.2, 0.25) is 0 Å². The molecule has 0 radical (unpaired) electrons. The van der Waals surface area contributed by atoms with Crippen LogP contribution in [0.3, 0.4) is 0 Å². The number of aryl methyl sites for hydroxylation is 3. The molecule has 3 heteroatoms. The van der Waals surface area contributed by atoms with E-state index in [1.165, 1.54) is 0 Å². The van der Waals surface area contributed by atoms with E-state index in [4.69, 9.17) is 0 Å². The van der Waals surface area contributed by atoms with Gasteiger partial charge < -0.3 is 0 Å². The van der Waals surface area contributed by atoms with E-state index < -0.39 is 0 Å². The molecule has 0 saturated carbocycles. The third kappa shape index (κ3) is 0.897. The predicted molar refractivity (Wildman–Crippen MR) is 47.2 cm³/mol. The number of fused-ring (bicyclic) bond motifs is 1. The smallest absolute Gasteiger partial charge is 0.111 e. The first-order valence-electron chi connectivity index (χ1n) is 3.96. The van der Waals surface area contributed by atoms with E-state index in [1.807, 2.05) is 31.5 Å². The van der Waals surface area contributed by atoms with Crippen molar-refractivity contribution >= 4 is 5.52 Å². The number of imidazole rings is 1. The van der Waals surface area contributed by atoms with Crippen molar-refractivity contribution in [2.45, 2.75) is 20.8 Å². The lowest BCUT2D eigenvalue weighted by atomic mass is 10.3. The van der Waals surface area contributed by atoms with Gasteiger partial charge in [-0.2, -0.15) is 0 Å². The van der Waals surface area contributed by atoms with Crippen LogP contribution in [-0.2, 0) is 0 Å². The van der Waals surface area contributed by atoms with E-state index in [0.29, 0.717) is 0 Å². The minimum Gasteiger partial charge on any atom is -0.287 e. The summed E-state index contributed by atoms with van der Waals surface area (Å²) in [7, 11) is 0. The summed E-state index contributed by atoms with van der Waals surface area (Å²) in [6.07, 6.45) is 1.81. The van der Waals surface area contributed by atoms with Gasteiger partial charge in [-0.3, -0.25) is 4.40 Å². The van der Waals surface area contributed by atoms with Gasteiger partial charge in [0.1, 0.15) is 12.2 Å². The summed E-state index contributed by atoms with van der Waals surface area (Å²) in [5.74, 6) is 0.991. The third-order valence-electron chi connectivity index (χ3n) is 2.03. The molecule has 0 saturated heterocycles. The molecule has 2 aromatic rings.